The molecular weight excluding hydrogens is 290 g/mol. The Morgan fingerprint density at radius 2 is 1.90 bits per heavy atom. The van der Waals surface area contributed by atoms with E-state index < -0.39 is 5.60 Å². The zero-order valence-electron chi connectivity index (χ0n) is 12.7. The van der Waals surface area contributed by atoms with Crippen LogP contribution in [0.3, 0.4) is 0 Å². The van der Waals surface area contributed by atoms with Crippen LogP contribution < -0.4 is 5.32 Å². The third kappa shape index (κ3) is 3.92. The maximum absolute atomic E-state index is 11.1. The van der Waals surface area contributed by atoms with Crippen molar-refractivity contribution in [3.8, 4) is 0 Å². The molecule has 0 spiro atoms. The van der Waals surface area contributed by atoms with Gasteiger partial charge in [-0.05, 0) is 38.0 Å². The van der Waals surface area contributed by atoms with E-state index in [9.17, 15) is 9.90 Å². The Kier molecular flexibility index (Phi) is 4.54. The van der Waals surface area contributed by atoms with Crippen LogP contribution in [0.25, 0.3) is 0 Å². The first-order valence-corrected chi connectivity index (χ1v) is 7.58. The summed E-state index contributed by atoms with van der Waals surface area (Å²) in [4.78, 5) is 19.3. The lowest BCUT2D eigenvalue weighted by Gasteiger charge is -2.40. The summed E-state index contributed by atoms with van der Waals surface area (Å²) >= 11 is 5.94. The monoisotopic (exact) mass is 311 g/mol. The summed E-state index contributed by atoms with van der Waals surface area (Å²) in [6.45, 7) is 6.51. The van der Waals surface area contributed by atoms with Crippen LogP contribution in [0.1, 0.15) is 55.7 Å². The van der Waals surface area contributed by atoms with Crippen molar-refractivity contribution in [3.63, 3.8) is 0 Å². The zero-order chi connectivity index (χ0) is 15.7. The van der Waals surface area contributed by atoms with Crippen LogP contribution in [0.5, 0.6) is 0 Å². The van der Waals surface area contributed by atoms with Gasteiger partial charge in [-0.25, -0.2) is 9.97 Å². The molecule has 1 aromatic heterocycles. The van der Waals surface area contributed by atoms with E-state index in [-0.39, 0.29) is 16.1 Å². The van der Waals surface area contributed by atoms with Crippen LogP contribution in [0.15, 0.2) is 0 Å². The SMILES string of the molecule is Cc1nc(Cl)c(C=O)c(NCC2(O)CCC(C)(C)CC2)n1. The average molecular weight is 312 g/mol. The molecule has 0 radical (unpaired) electrons. The molecule has 0 aliphatic heterocycles. The predicted molar refractivity (Wildman–Crippen MR) is 82.9 cm³/mol. The smallest absolute Gasteiger partial charge is 0.156 e. The highest BCUT2D eigenvalue weighted by molar-refractivity contribution is 6.32. The van der Waals surface area contributed by atoms with Crippen molar-refractivity contribution in [3.05, 3.63) is 16.5 Å². The first kappa shape index (κ1) is 16.2. The summed E-state index contributed by atoms with van der Waals surface area (Å²) in [6, 6.07) is 0. The molecule has 21 heavy (non-hydrogen) atoms. The standard InChI is InChI=1S/C15H22ClN3O2/c1-10-18-12(16)11(8-20)13(19-10)17-9-15(21)6-4-14(2,3)5-7-15/h8,21H,4-7,9H2,1-3H3,(H,17,18,19). The lowest BCUT2D eigenvalue weighted by molar-refractivity contribution is -0.0146. The fourth-order valence-corrected chi connectivity index (χ4v) is 2.86. The van der Waals surface area contributed by atoms with Crippen molar-refractivity contribution in [2.75, 3.05) is 11.9 Å². The number of aliphatic hydroxyl groups is 1. The highest BCUT2D eigenvalue weighted by Crippen LogP contribution is 2.40. The van der Waals surface area contributed by atoms with Crippen molar-refractivity contribution >= 4 is 23.7 Å². The summed E-state index contributed by atoms with van der Waals surface area (Å²) < 4.78 is 0. The molecule has 1 heterocycles. The van der Waals surface area contributed by atoms with Gasteiger partial charge in [0.05, 0.1) is 11.2 Å². The topological polar surface area (TPSA) is 75.1 Å². The number of nitrogens with one attached hydrogen (secondary N) is 1. The Morgan fingerprint density at radius 3 is 2.48 bits per heavy atom. The lowest BCUT2D eigenvalue weighted by atomic mass is 9.71. The number of aryl methyl sites for hydroxylation is 1. The molecule has 0 atom stereocenters. The number of aromatic nitrogens is 2. The summed E-state index contributed by atoms with van der Waals surface area (Å²) in [5, 5.41) is 13.8. The Hall–Kier alpha value is -1.20. The van der Waals surface area contributed by atoms with E-state index in [1.54, 1.807) is 6.92 Å². The number of rotatable bonds is 4. The largest absolute Gasteiger partial charge is 0.388 e. The van der Waals surface area contributed by atoms with Crippen LogP contribution >= 0.6 is 11.6 Å². The highest BCUT2D eigenvalue weighted by Gasteiger charge is 2.36. The van der Waals surface area contributed by atoms with Crippen molar-refractivity contribution < 1.29 is 9.90 Å². The van der Waals surface area contributed by atoms with Crippen molar-refractivity contribution in [2.24, 2.45) is 5.41 Å². The summed E-state index contributed by atoms with van der Waals surface area (Å²) in [5.41, 5.74) is -0.238. The summed E-state index contributed by atoms with van der Waals surface area (Å²) in [7, 11) is 0. The minimum atomic E-state index is -0.763. The number of halogens is 1. The molecule has 1 fully saturated rings. The van der Waals surface area contributed by atoms with Gasteiger partial charge in [0.2, 0.25) is 0 Å². The molecule has 116 valence electrons. The molecule has 0 saturated heterocycles. The van der Waals surface area contributed by atoms with E-state index in [2.05, 4.69) is 29.1 Å². The molecule has 2 rings (SSSR count). The van der Waals surface area contributed by atoms with Gasteiger partial charge in [-0.15, -0.1) is 0 Å². The molecule has 0 unspecified atom stereocenters. The number of nitrogens with zero attached hydrogens (tertiary/aromatic N) is 2. The molecule has 1 aliphatic rings. The Labute approximate surface area is 130 Å². The van der Waals surface area contributed by atoms with E-state index in [0.717, 1.165) is 25.7 Å². The third-order valence-corrected chi connectivity index (χ3v) is 4.54. The molecule has 6 heteroatoms. The number of anilines is 1. The maximum Gasteiger partial charge on any atom is 0.156 e. The van der Waals surface area contributed by atoms with Crippen LogP contribution in [0.4, 0.5) is 5.82 Å². The highest BCUT2D eigenvalue weighted by atomic mass is 35.5. The second-order valence-electron chi connectivity index (χ2n) is 6.68. The molecule has 0 aromatic carbocycles. The number of hydrogen-bond donors (Lipinski definition) is 2. The fourth-order valence-electron chi connectivity index (χ4n) is 2.60. The number of aldehydes is 1. The first-order valence-electron chi connectivity index (χ1n) is 7.20. The van der Waals surface area contributed by atoms with Gasteiger partial charge in [0.1, 0.15) is 16.8 Å². The second kappa shape index (κ2) is 5.89. The van der Waals surface area contributed by atoms with Crippen LogP contribution in [-0.2, 0) is 0 Å². The van der Waals surface area contributed by atoms with E-state index in [1.807, 2.05) is 0 Å². The van der Waals surface area contributed by atoms with Crippen LogP contribution in [-0.4, -0.2) is 33.5 Å². The Balaban J connectivity index is 2.08. The van der Waals surface area contributed by atoms with Gasteiger partial charge in [-0.1, -0.05) is 25.4 Å². The van der Waals surface area contributed by atoms with E-state index in [1.165, 1.54) is 0 Å². The van der Waals surface area contributed by atoms with Crippen molar-refractivity contribution in [2.45, 2.75) is 52.1 Å². The van der Waals surface area contributed by atoms with Gasteiger partial charge in [-0.3, -0.25) is 4.79 Å². The van der Waals surface area contributed by atoms with Gasteiger partial charge in [0.25, 0.3) is 0 Å². The molecule has 1 saturated carbocycles. The number of carbonyl (C=O) groups excluding carboxylic acids is 1. The fraction of sp³-hybridized carbons (Fsp3) is 0.667. The summed E-state index contributed by atoms with van der Waals surface area (Å²) in [6.07, 6.45) is 4.07. The van der Waals surface area contributed by atoms with E-state index >= 15 is 0 Å². The van der Waals surface area contributed by atoms with Crippen molar-refractivity contribution in [1.29, 1.82) is 0 Å². The van der Waals surface area contributed by atoms with Gasteiger partial charge in [0.15, 0.2) is 6.29 Å². The van der Waals surface area contributed by atoms with Crippen LogP contribution in [0.2, 0.25) is 5.15 Å². The normalized spacial score (nSPS) is 20.0. The average Bonchev–Trinajstić information content (AvgIpc) is 2.40. The van der Waals surface area contributed by atoms with E-state index in [4.69, 9.17) is 11.6 Å². The second-order valence-corrected chi connectivity index (χ2v) is 7.04. The minimum Gasteiger partial charge on any atom is -0.388 e. The lowest BCUT2D eigenvalue weighted by Crippen LogP contribution is -2.42. The molecule has 1 aliphatic carbocycles. The minimum absolute atomic E-state index is 0.136. The Morgan fingerprint density at radius 1 is 1.29 bits per heavy atom. The van der Waals surface area contributed by atoms with Gasteiger partial charge in [0, 0.05) is 6.54 Å². The summed E-state index contributed by atoms with van der Waals surface area (Å²) in [5.74, 6) is 0.880. The van der Waals surface area contributed by atoms with Crippen LogP contribution in [0, 0.1) is 12.3 Å². The molecule has 2 N–H and O–H groups in total. The molecule has 0 bridgehead atoms. The first-order chi connectivity index (χ1) is 9.75. The van der Waals surface area contributed by atoms with E-state index in [0.29, 0.717) is 24.5 Å². The number of hydrogen-bond acceptors (Lipinski definition) is 5. The van der Waals surface area contributed by atoms with Gasteiger partial charge < -0.3 is 10.4 Å². The van der Waals surface area contributed by atoms with Gasteiger partial charge in [-0.2, -0.15) is 0 Å². The predicted octanol–water partition coefficient (Wildman–Crippen LogP) is 2.99. The van der Waals surface area contributed by atoms with Crippen molar-refractivity contribution in [1.82, 2.24) is 9.97 Å². The molecule has 1 aromatic rings. The number of carbonyl (C=O) groups is 1. The maximum atomic E-state index is 11.1. The Bertz CT molecular complexity index is 536. The quantitative estimate of drug-likeness (QED) is 0.660. The van der Waals surface area contributed by atoms with Gasteiger partial charge >= 0.3 is 0 Å². The molecule has 0 amide bonds. The third-order valence-electron chi connectivity index (χ3n) is 4.25. The molecular formula is C15H22ClN3O2. The zero-order valence-corrected chi connectivity index (χ0v) is 13.5. The molecule has 5 nitrogen and oxygen atoms in total.